The van der Waals surface area contributed by atoms with Crippen LogP contribution in [0.1, 0.15) is 39.0 Å². The van der Waals surface area contributed by atoms with Crippen LogP contribution in [0.15, 0.2) is 29.2 Å². The average Bonchev–Trinajstić information content (AvgIpc) is 3.04. The van der Waals surface area contributed by atoms with Gasteiger partial charge in [-0.15, -0.1) is 12.4 Å². The molecule has 0 amide bonds. The summed E-state index contributed by atoms with van der Waals surface area (Å²) in [5, 5.41) is 9.94. The van der Waals surface area contributed by atoms with E-state index in [0.717, 1.165) is 44.8 Å². The van der Waals surface area contributed by atoms with E-state index in [-0.39, 0.29) is 29.1 Å². The first-order valence-electron chi connectivity index (χ1n) is 9.00. The number of rotatable bonds is 5. The van der Waals surface area contributed by atoms with Gasteiger partial charge in [-0.2, -0.15) is 4.31 Å². The van der Waals surface area contributed by atoms with Crippen LogP contribution in [0, 0.1) is 5.92 Å². The largest absolute Gasteiger partial charge is 0.507 e. The summed E-state index contributed by atoms with van der Waals surface area (Å²) in [5.74, 6) is 0.652. The number of nitrogens with zero attached hydrogens (tertiary/aromatic N) is 2. The Kier molecular flexibility index (Phi) is 7.14. The number of phenols is 1. The van der Waals surface area contributed by atoms with Crippen LogP contribution >= 0.6 is 12.4 Å². The third-order valence-corrected chi connectivity index (χ3v) is 7.43. The van der Waals surface area contributed by atoms with E-state index in [9.17, 15) is 13.5 Å². The number of hydrogen-bond acceptors (Lipinski definition) is 4. The van der Waals surface area contributed by atoms with E-state index < -0.39 is 10.0 Å². The molecule has 7 heteroatoms. The highest BCUT2D eigenvalue weighted by Gasteiger charge is 2.36. The first-order chi connectivity index (χ1) is 11.5. The minimum absolute atomic E-state index is 0. The van der Waals surface area contributed by atoms with Crippen molar-refractivity contribution < 1.29 is 13.5 Å². The molecule has 1 aromatic carbocycles. The number of hydrogen-bond donors (Lipinski definition) is 1. The third-order valence-electron chi connectivity index (χ3n) is 5.43. The number of phenolic OH excluding ortho intramolecular Hbond substituents is 1. The third kappa shape index (κ3) is 4.67. The zero-order valence-corrected chi connectivity index (χ0v) is 16.4. The summed E-state index contributed by atoms with van der Waals surface area (Å²) in [4.78, 5) is 2.49. The molecule has 5 nitrogen and oxygen atoms in total. The molecule has 0 saturated carbocycles. The molecule has 25 heavy (non-hydrogen) atoms. The van der Waals surface area contributed by atoms with E-state index in [1.165, 1.54) is 25.0 Å². The second-order valence-electron chi connectivity index (χ2n) is 7.19. The van der Waals surface area contributed by atoms with E-state index in [2.05, 4.69) is 11.8 Å². The number of benzene rings is 1. The van der Waals surface area contributed by atoms with Crippen molar-refractivity contribution in [3.8, 4) is 5.75 Å². The SMILES string of the molecule is CC1CCN(CC[C@H]2CCCN2S(=O)(=O)c2ccccc2O)CC1.Cl. The lowest BCUT2D eigenvalue weighted by atomic mass is 9.99. The molecular weight excluding hydrogens is 360 g/mol. The molecule has 3 rings (SSSR count). The van der Waals surface area contributed by atoms with Crippen LogP contribution in [0.4, 0.5) is 0 Å². The van der Waals surface area contributed by atoms with Crippen LogP contribution in [-0.4, -0.2) is 55.0 Å². The van der Waals surface area contributed by atoms with Gasteiger partial charge in [0.25, 0.3) is 0 Å². The molecule has 0 bridgehead atoms. The molecule has 0 aliphatic carbocycles. The Balaban J connectivity index is 0.00000225. The van der Waals surface area contributed by atoms with Crippen LogP contribution in [0.3, 0.4) is 0 Å². The minimum Gasteiger partial charge on any atom is -0.507 e. The van der Waals surface area contributed by atoms with Crippen LogP contribution in [0.5, 0.6) is 5.75 Å². The Morgan fingerprint density at radius 3 is 2.48 bits per heavy atom. The fourth-order valence-corrected chi connectivity index (χ4v) is 5.64. The summed E-state index contributed by atoms with van der Waals surface area (Å²) in [7, 11) is -3.62. The van der Waals surface area contributed by atoms with Crippen molar-refractivity contribution in [2.75, 3.05) is 26.2 Å². The molecule has 142 valence electrons. The highest BCUT2D eigenvalue weighted by atomic mass is 35.5. The Hall–Kier alpha value is -0.820. The Bertz CT molecular complexity index is 660. The lowest BCUT2D eigenvalue weighted by Gasteiger charge is -2.32. The molecule has 0 spiro atoms. The summed E-state index contributed by atoms with van der Waals surface area (Å²) in [5.41, 5.74) is 0. The normalized spacial score (nSPS) is 23.5. The van der Waals surface area contributed by atoms with Crippen LogP contribution < -0.4 is 0 Å². The van der Waals surface area contributed by atoms with Crippen molar-refractivity contribution in [3.05, 3.63) is 24.3 Å². The fourth-order valence-electron chi connectivity index (χ4n) is 3.83. The van der Waals surface area contributed by atoms with Crippen molar-refractivity contribution >= 4 is 22.4 Å². The van der Waals surface area contributed by atoms with Gasteiger partial charge >= 0.3 is 0 Å². The second-order valence-corrected chi connectivity index (χ2v) is 9.05. The first kappa shape index (κ1) is 20.5. The molecule has 1 aromatic rings. The van der Waals surface area contributed by atoms with Gasteiger partial charge in [-0.25, -0.2) is 8.42 Å². The van der Waals surface area contributed by atoms with Gasteiger partial charge in [0.1, 0.15) is 10.6 Å². The monoisotopic (exact) mass is 388 g/mol. The summed E-state index contributed by atoms with van der Waals surface area (Å²) in [6.07, 6.45) is 5.17. The Morgan fingerprint density at radius 1 is 1.12 bits per heavy atom. The van der Waals surface area contributed by atoms with Crippen LogP contribution in [-0.2, 0) is 10.0 Å². The van der Waals surface area contributed by atoms with Gasteiger partial charge in [0.05, 0.1) is 0 Å². The fraction of sp³-hybridized carbons (Fsp3) is 0.667. The van der Waals surface area contributed by atoms with Gasteiger partial charge < -0.3 is 10.0 Å². The average molecular weight is 389 g/mol. The highest BCUT2D eigenvalue weighted by Crippen LogP contribution is 2.32. The summed E-state index contributed by atoms with van der Waals surface area (Å²) in [6, 6.07) is 6.28. The van der Waals surface area contributed by atoms with Gasteiger partial charge in [0, 0.05) is 12.6 Å². The maximum atomic E-state index is 12.9. The second kappa shape index (κ2) is 8.71. The van der Waals surface area contributed by atoms with E-state index in [1.54, 1.807) is 16.4 Å². The first-order valence-corrected chi connectivity index (χ1v) is 10.4. The quantitative estimate of drug-likeness (QED) is 0.841. The predicted molar refractivity (Wildman–Crippen MR) is 102 cm³/mol. The lowest BCUT2D eigenvalue weighted by Crippen LogP contribution is -2.40. The number of piperidine rings is 1. The molecule has 0 aromatic heterocycles. The molecule has 2 aliphatic heterocycles. The molecule has 2 saturated heterocycles. The molecule has 1 N–H and O–H groups in total. The predicted octanol–water partition coefficient (Wildman–Crippen LogP) is 3.09. The van der Waals surface area contributed by atoms with Gasteiger partial charge in [0.2, 0.25) is 10.0 Å². The van der Waals surface area contributed by atoms with Gasteiger partial charge in [-0.1, -0.05) is 19.1 Å². The summed E-state index contributed by atoms with van der Waals surface area (Å²) in [6.45, 7) is 6.07. The van der Waals surface area contributed by atoms with Crippen LogP contribution in [0.25, 0.3) is 0 Å². The summed E-state index contributed by atoms with van der Waals surface area (Å²) >= 11 is 0. The van der Waals surface area contributed by atoms with E-state index in [1.807, 2.05) is 0 Å². The van der Waals surface area contributed by atoms with Crippen LogP contribution in [0.2, 0.25) is 0 Å². The van der Waals surface area contributed by atoms with E-state index in [0.29, 0.717) is 6.54 Å². The molecule has 2 fully saturated rings. The number of aromatic hydroxyl groups is 1. The zero-order valence-electron chi connectivity index (χ0n) is 14.8. The van der Waals surface area contributed by atoms with Crippen molar-refractivity contribution in [2.45, 2.75) is 50.0 Å². The highest BCUT2D eigenvalue weighted by molar-refractivity contribution is 7.89. The van der Waals surface area contributed by atoms with Crippen molar-refractivity contribution in [1.82, 2.24) is 9.21 Å². The standard InChI is InChI=1S/C18H28N2O3S.ClH/c1-15-8-12-19(13-9-15)14-10-16-5-4-11-20(16)24(22,23)18-7-3-2-6-17(18)21;/h2-3,6-7,15-16,21H,4-5,8-14H2,1H3;1H/t16-;/m1./s1. The minimum atomic E-state index is -3.62. The molecule has 2 heterocycles. The molecule has 0 radical (unpaired) electrons. The smallest absolute Gasteiger partial charge is 0.246 e. The van der Waals surface area contributed by atoms with Gasteiger partial charge in [-0.3, -0.25) is 0 Å². The molecule has 2 aliphatic rings. The number of para-hydroxylation sites is 1. The van der Waals surface area contributed by atoms with Gasteiger partial charge in [0.15, 0.2) is 0 Å². The van der Waals surface area contributed by atoms with Gasteiger partial charge in [-0.05, 0) is 69.8 Å². The Morgan fingerprint density at radius 2 is 1.80 bits per heavy atom. The maximum absolute atomic E-state index is 12.9. The molecular formula is C18H29ClN2O3S. The Labute approximate surface area is 157 Å². The van der Waals surface area contributed by atoms with E-state index >= 15 is 0 Å². The number of halogens is 1. The molecule has 0 unspecified atom stereocenters. The van der Waals surface area contributed by atoms with E-state index in [4.69, 9.17) is 0 Å². The zero-order chi connectivity index (χ0) is 17.2. The maximum Gasteiger partial charge on any atom is 0.246 e. The van der Waals surface area contributed by atoms with Crippen molar-refractivity contribution in [3.63, 3.8) is 0 Å². The van der Waals surface area contributed by atoms with Crippen molar-refractivity contribution in [1.29, 1.82) is 0 Å². The number of sulfonamides is 1. The lowest BCUT2D eigenvalue weighted by molar-refractivity contribution is 0.179. The number of likely N-dealkylation sites (tertiary alicyclic amines) is 1. The molecule has 1 atom stereocenters. The topological polar surface area (TPSA) is 60.9 Å². The summed E-state index contributed by atoms with van der Waals surface area (Å²) < 4.78 is 27.4. The van der Waals surface area contributed by atoms with Crippen molar-refractivity contribution in [2.24, 2.45) is 5.92 Å².